The molecule has 1 aromatic rings. The third kappa shape index (κ3) is 2.54. The minimum atomic E-state index is -0.0177. The molecule has 3 rings (SSSR count). The van der Waals surface area contributed by atoms with E-state index in [2.05, 4.69) is 5.16 Å². The number of carbonyl (C=O) groups excluding carboxylic acids is 1. The van der Waals surface area contributed by atoms with E-state index in [1.165, 1.54) is 0 Å². The van der Waals surface area contributed by atoms with Gasteiger partial charge in [0, 0.05) is 31.6 Å². The van der Waals surface area contributed by atoms with Gasteiger partial charge in [-0.2, -0.15) is 0 Å². The Hall–Kier alpha value is -1.88. The molecule has 2 N–H and O–H groups in total. The number of oxime groups is 1. The van der Waals surface area contributed by atoms with Gasteiger partial charge < -0.3 is 15.5 Å². The molecule has 0 radical (unpaired) electrons. The summed E-state index contributed by atoms with van der Waals surface area (Å²) in [7, 11) is 0. The highest BCUT2D eigenvalue weighted by Gasteiger charge is 2.22. The van der Waals surface area contributed by atoms with E-state index in [9.17, 15) is 4.79 Å². The summed E-state index contributed by atoms with van der Waals surface area (Å²) in [6.45, 7) is 2.22. The van der Waals surface area contributed by atoms with E-state index in [-0.39, 0.29) is 12.0 Å². The number of hydrogen-bond donors (Lipinski definition) is 1. The average molecular weight is 273 g/mol. The summed E-state index contributed by atoms with van der Waals surface area (Å²) in [6.07, 6.45) is 2.93. The van der Waals surface area contributed by atoms with Crippen LogP contribution in [0.15, 0.2) is 29.4 Å². The Morgan fingerprint density at radius 3 is 2.60 bits per heavy atom. The summed E-state index contributed by atoms with van der Waals surface area (Å²) in [4.78, 5) is 19.4. The quantitative estimate of drug-likeness (QED) is 0.904. The van der Waals surface area contributed by atoms with Crippen molar-refractivity contribution in [2.45, 2.75) is 25.4 Å². The maximum atomic E-state index is 12.2. The molecular formula is C15H19N3O2. The number of benzene rings is 1. The Labute approximate surface area is 118 Å². The molecule has 1 unspecified atom stereocenters. The second kappa shape index (κ2) is 5.63. The summed E-state index contributed by atoms with van der Waals surface area (Å²) in [5, 5.41) is 4.05. The van der Waals surface area contributed by atoms with E-state index in [0.717, 1.165) is 49.2 Å². The molecule has 5 heteroatoms. The molecule has 5 nitrogen and oxygen atoms in total. The summed E-state index contributed by atoms with van der Waals surface area (Å²) in [5.41, 5.74) is 8.20. The highest BCUT2D eigenvalue weighted by Crippen LogP contribution is 2.18. The standard InChI is InChI=1S/C15H19N3O2/c16-10-13-9-14(17-20-13)11-3-5-12(6-4-11)15(19)18-7-1-2-8-18/h3-6,13H,1-2,7-10,16H2. The minimum Gasteiger partial charge on any atom is -0.390 e. The van der Waals surface area contributed by atoms with Crippen molar-refractivity contribution < 1.29 is 9.63 Å². The van der Waals surface area contributed by atoms with Gasteiger partial charge in [0.15, 0.2) is 0 Å². The summed E-state index contributed by atoms with van der Waals surface area (Å²) in [5.74, 6) is 0.124. The van der Waals surface area contributed by atoms with E-state index < -0.39 is 0 Å². The van der Waals surface area contributed by atoms with Gasteiger partial charge in [-0.1, -0.05) is 17.3 Å². The van der Waals surface area contributed by atoms with Crippen LogP contribution in [0.5, 0.6) is 0 Å². The molecule has 1 amide bonds. The zero-order chi connectivity index (χ0) is 13.9. The van der Waals surface area contributed by atoms with Gasteiger partial charge in [-0.3, -0.25) is 4.79 Å². The summed E-state index contributed by atoms with van der Waals surface area (Å²) < 4.78 is 0. The van der Waals surface area contributed by atoms with Crippen LogP contribution >= 0.6 is 0 Å². The first kappa shape index (κ1) is 13.1. The van der Waals surface area contributed by atoms with Crippen molar-refractivity contribution in [3.63, 3.8) is 0 Å². The van der Waals surface area contributed by atoms with Crippen molar-refractivity contribution >= 4 is 11.6 Å². The van der Waals surface area contributed by atoms with Crippen LogP contribution in [0.4, 0.5) is 0 Å². The van der Waals surface area contributed by atoms with E-state index in [0.29, 0.717) is 6.54 Å². The lowest BCUT2D eigenvalue weighted by molar-refractivity contribution is 0.0793. The molecule has 0 aromatic heterocycles. The first-order valence-electron chi connectivity index (χ1n) is 7.10. The Morgan fingerprint density at radius 1 is 1.30 bits per heavy atom. The van der Waals surface area contributed by atoms with Gasteiger partial charge in [-0.05, 0) is 30.5 Å². The third-order valence-corrected chi connectivity index (χ3v) is 3.85. The van der Waals surface area contributed by atoms with Crippen LogP contribution < -0.4 is 5.73 Å². The summed E-state index contributed by atoms with van der Waals surface area (Å²) in [6, 6.07) is 7.61. The van der Waals surface area contributed by atoms with Gasteiger partial charge in [-0.15, -0.1) is 0 Å². The van der Waals surface area contributed by atoms with Crippen LogP contribution in [0.25, 0.3) is 0 Å². The van der Waals surface area contributed by atoms with Gasteiger partial charge in [0.05, 0.1) is 5.71 Å². The van der Waals surface area contributed by atoms with Crippen molar-refractivity contribution in [2.75, 3.05) is 19.6 Å². The molecule has 2 aliphatic rings. The van der Waals surface area contributed by atoms with E-state index in [1.54, 1.807) is 0 Å². The number of nitrogens with zero attached hydrogens (tertiary/aromatic N) is 2. The van der Waals surface area contributed by atoms with E-state index in [4.69, 9.17) is 10.6 Å². The van der Waals surface area contributed by atoms with Crippen molar-refractivity contribution in [1.29, 1.82) is 0 Å². The molecule has 2 heterocycles. The molecule has 2 aliphatic heterocycles. The van der Waals surface area contributed by atoms with Crippen molar-refractivity contribution in [3.8, 4) is 0 Å². The third-order valence-electron chi connectivity index (χ3n) is 3.85. The number of hydrogen-bond acceptors (Lipinski definition) is 4. The topological polar surface area (TPSA) is 67.9 Å². The molecular weight excluding hydrogens is 254 g/mol. The molecule has 1 atom stereocenters. The second-order valence-electron chi connectivity index (χ2n) is 5.28. The van der Waals surface area contributed by atoms with Crippen LogP contribution in [0.3, 0.4) is 0 Å². The molecule has 0 bridgehead atoms. The molecule has 1 saturated heterocycles. The molecule has 0 spiro atoms. The smallest absolute Gasteiger partial charge is 0.253 e. The highest BCUT2D eigenvalue weighted by atomic mass is 16.6. The van der Waals surface area contributed by atoms with Crippen LogP contribution in [-0.2, 0) is 4.84 Å². The number of carbonyl (C=O) groups is 1. The van der Waals surface area contributed by atoms with E-state index in [1.807, 2.05) is 29.2 Å². The van der Waals surface area contributed by atoms with Crippen molar-refractivity contribution in [3.05, 3.63) is 35.4 Å². The molecule has 0 saturated carbocycles. The molecule has 0 aliphatic carbocycles. The lowest BCUT2D eigenvalue weighted by Gasteiger charge is -2.15. The van der Waals surface area contributed by atoms with Crippen molar-refractivity contribution in [2.24, 2.45) is 10.9 Å². The molecule has 1 aromatic carbocycles. The number of rotatable bonds is 3. The first-order chi connectivity index (χ1) is 9.78. The highest BCUT2D eigenvalue weighted by molar-refractivity contribution is 6.02. The molecule has 106 valence electrons. The Bertz CT molecular complexity index is 518. The predicted molar refractivity (Wildman–Crippen MR) is 76.7 cm³/mol. The average Bonchev–Trinajstić information content (AvgIpc) is 3.18. The zero-order valence-corrected chi connectivity index (χ0v) is 11.4. The number of nitrogens with two attached hydrogens (primary N) is 1. The van der Waals surface area contributed by atoms with Crippen LogP contribution in [-0.4, -0.2) is 42.3 Å². The lowest BCUT2D eigenvalue weighted by atomic mass is 10.0. The zero-order valence-electron chi connectivity index (χ0n) is 11.4. The molecule has 20 heavy (non-hydrogen) atoms. The largest absolute Gasteiger partial charge is 0.390 e. The molecule has 1 fully saturated rings. The normalized spacial score (nSPS) is 21.8. The van der Waals surface area contributed by atoms with Crippen LogP contribution in [0.2, 0.25) is 0 Å². The van der Waals surface area contributed by atoms with Gasteiger partial charge in [0.25, 0.3) is 5.91 Å². The maximum Gasteiger partial charge on any atom is 0.253 e. The fourth-order valence-electron chi connectivity index (χ4n) is 2.63. The Morgan fingerprint density at radius 2 is 2.00 bits per heavy atom. The maximum absolute atomic E-state index is 12.2. The predicted octanol–water partition coefficient (Wildman–Crippen LogP) is 1.37. The number of amides is 1. The van der Waals surface area contributed by atoms with Crippen molar-refractivity contribution in [1.82, 2.24) is 4.90 Å². The minimum absolute atomic E-state index is 0.0177. The monoisotopic (exact) mass is 273 g/mol. The van der Waals surface area contributed by atoms with Crippen LogP contribution in [0.1, 0.15) is 35.2 Å². The van der Waals surface area contributed by atoms with Crippen LogP contribution in [0, 0.1) is 0 Å². The SMILES string of the molecule is NCC1CC(c2ccc(C(=O)N3CCCC3)cc2)=NO1. The lowest BCUT2D eigenvalue weighted by Crippen LogP contribution is -2.27. The van der Waals surface area contributed by atoms with Gasteiger partial charge in [0.2, 0.25) is 0 Å². The second-order valence-corrected chi connectivity index (χ2v) is 5.28. The van der Waals surface area contributed by atoms with Gasteiger partial charge in [0.1, 0.15) is 6.10 Å². The fraction of sp³-hybridized carbons (Fsp3) is 0.467. The van der Waals surface area contributed by atoms with Gasteiger partial charge in [-0.25, -0.2) is 0 Å². The number of likely N-dealkylation sites (tertiary alicyclic amines) is 1. The fourth-order valence-corrected chi connectivity index (χ4v) is 2.63. The summed E-state index contributed by atoms with van der Waals surface area (Å²) >= 11 is 0. The van der Waals surface area contributed by atoms with E-state index >= 15 is 0 Å². The Kier molecular flexibility index (Phi) is 3.69. The van der Waals surface area contributed by atoms with Gasteiger partial charge >= 0.3 is 0 Å². The first-order valence-corrected chi connectivity index (χ1v) is 7.10. The Balaban J connectivity index is 1.70.